The van der Waals surface area contributed by atoms with Crippen LogP contribution in [0.15, 0.2) is 55.1 Å². The van der Waals surface area contributed by atoms with Crippen LogP contribution in [0.2, 0.25) is 0 Å². The lowest BCUT2D eigenvalue weighted by molar-refractivity contribution is 0.261. The van der Waals surface area contributed by atoms with Gasteiger partial charge in [0.2, 0.25) is 0 Å². The van der Waals surface area contributed by atoms with Gasteiger partial charge in [0.1, 0.15) is 24.4 Å². The van der Waals surface area contributed by atoms with Gasteiger partial charge in [0.25, 0.3) is 0 Å². The molecule has 1 aromatic heterocycles. The van der Waals surface area contributed by atoms with Gasteiger partial charge in [-0.1, -0.05) is 30.3 Å². The van der Waals surface area contributed by atoms with Gasteiger partial charge in [0, 0.05) is 0 Å². The predicted molar refractivity (Wildman–Crippen MR) is 83.1 cm³/mol. The van der Waals surface area contributed by atoms with Crippen LogP contribution in [0.25, 0.3) is 0 Å². The molecule has 1 aliphatic heterocycles. The maximum Gasteiger partial charge on any atom is 0.159 e. The zero-order chi connectivity index (χ0) is 16.7. The minimum Gasteiger partial charge on any atom is -0.354 e. The van der Waals surface area contributed by atoms with Crippen LogP contribution >= 0.6 is 0 Å². The van der Waals surface area contributed by atoms with Crippen LogP contribution in [0, 0.1) is 18.6 Å². The van der Waals surface area contributed by atoms with E-state index in [-0.39, 0.29) is 6.10 Å². The maximum absolute atomic E-state index is 13.8. The average Bonchev–Trinajstić information content (AvgIpc) is 3.04. The second kappa shape index (κ2) is 5.49. The standard InChI is InChI=1S/C18H15F2N3O/c1-12-4-2-3-5-14(12)17-18(24-17,9-23-11-21-10-22-23)13-6-7-15(19)16(20)8-13/h2-8,10-11,17H,9H2,1H3/t17-,18-/m1/s1. The molecule has 0 unspecified atom stereocenters. The number of hydrogen-bond acceptors (Lipinski definition) is 3. The van der Waals surface area contributed by atoms with Crippen molar-refractivity contribution < 1.29 is 13.5 Å². The number of hydrogen-bond donors (Lipinski definition) is 0. The van der Waals surface area contributed by atoms with E-state index in [1.165, 1.54) is 12.4 Å². The second-order valence-corrected chi connectivity index (χ2v) is 5.97. The number of rotatable bonds is 4. The Labute approximate surface area is 137 Å². The molecule has 4 rings (SSSR count). The molecule has 0 radical (unpaired) electrons. The minimum atomic E-state index is -0.885. The Morgan fingerprint density at radius 3 is 2.71 bits per heavy atom. The number of nitrogens with zero attached hydrogens (tertiary/aromatic N) is 3. The summed E-state index contributed by atoms with van der Waals surface area (Å²) in [5.74, 6) is -1.76. The highest BCUT2D eigenvalue weighted by Gasteiger charge is 2.59. The summed E-state index contributed by atoms with van der Waals surface area (Å²) in [5.41, 5.74) is 1.92. The first-order valence-electron chi connectivity index (χ1n) is 7.61. The Morgan fingerprint density at radius 1 is 1.17 bits per heavy atom. The molecular weight excluding hydrogens is 312 g/mol. The van der Waals surface area contributed by atoms with E-state index in [0.717, 1.165) is 17.2 Å². The lowest BCUT2D eigenvalue weighted by Crippen LogP contribution is -2.20. The summed E-state index contributed by atoms with van der Waals surface area (Å²) in [6.45, 7) is 2.37. The molecule has 2 heterocycles. The zero-order valence-electron chi connectivity index (χ0n) is 13.0. The number of benzene rings is 2. The van der Waals surface area contributed by atoms with Crippen molar-refractivity contribution in [2.24, 2.45) is 0 Å². The SMILES string of the molecule is Cc1ccccc1[C@H]1O[C@]1(Cn1cncn1)c1ccc(F)c(F)c1. The number of halogens is 2. The van der Waals surface area contributed by atoms with E-state index < -0.39 is 17.2 Å². The predicted octanol–water partition coefficient (Wildman–Crippen LogP) is 3.53. The molecule has 1 fully saturated rings. The summed E-state index contributed by atoms with van der Waals surface area (Å²) in [7, 11) is 0. The second-order valence-electron chi connectivity index (χ2n) is 5.97. The molecule has 1 saturated heterocycles. The summed E-state index contributed by atoms with van der Waals surface area (Å²) < 4.78 is 34.8. The third kappa shape index (κ3) is 2.39. The quantitative estimate of drug-likeness (QED) is 0.689. The van der Waals surface area contributed by atoms with Crippen molar-refractivity contribution in [1.29, 1.82) is 0 Å². The Bertz CT molecular complexity index is 882. The van der Waals surface area contributed by atoms with Gasteiger partial charge in [-0.2, -0.15) is 5.10 Å². The van der Waals surface area contributed by atoms with Crippen molar-refractivity contribution in [2.45, 2.75) is 25.2 Å². The Balaban J connectivity index is 1.77. The molecule has 0 N–H and O–H groups in total. The molecule has 3 aromatic rings. The first kappa shape index (κ1) is 15.0. The first-order chi connectivity index (χ1) is 11.6. The summed E-state index contributed by atoms with van der Waals surface area (Å²) >= 11 is 0. The molecule has 4 nitrogen and oxygen atoms in total. The van der Waals surface area contributed by atoms with Crippen molar-refractivity contribution in [3.8, 4) is 0 Å². The summed E-state index contributed by atoms with van der Waals surface area (Å²) in [6, 6.07) is 11.8. The Hall–Kier alpha value is -2.60. The molecule has 0 saturated carbocycles. The van der Waals surface area contributed by atoms with E-state index in [1.807, 2.05) is 31.2 Å². The number of aromatic nitrogens is 3. The molecule has 2 atom stereocenters. The van der Waals surface area contributed by atoms with E-state index in [9.17, 15) is 8.78 Å². The highest BCUT2D eigenvalue weighted by Crippen LogP contribution is 2.58. The van der Waals surface area contributed by atoms with Crippen molar-refractivity contribution in [1.82, 2.24) is 14.8 Å². The fourth-order valence-electron chi connectivity index (χ4n) is 3.12. The van der Waals surface area contributed by atoms with Gasteiger partial charge < -0.3 is 4.74 Å². The van der Waals surface area contributed by atoms with Crippen LogP contribution in [-0.4, -0.2) is 14.8 Å². The summed E-state index contributed by atoms with van der Waals surface area (Å²) in [4.78, 5) is 3.94. The van der Waals surface area contributed by atoms with Crippen molar-refractivity contribution in [3.63, 3.8) is 0 Å². The number of ether oxygens (including phenoxy) is 1. The van der Waals surface area contributed by atoms with Gasteiger partial charge in [-0.15, -0.1) is 0 Å². The zero-order valence-corrected chi connectivity index (χ0v) is 13.0. The number of epoxide rings is 1. The smallest absolute Gasteiger partial charge is 0.159 e. The lowest BCUT2D eigenvalue weighted by atomic mass is 9.90. The third-order valence-corrected chi connectivity index (χ3v) is 4.44. The van der Waals surface area contributed by atoms with Crippen molar-refractivity contribution in [2.75, 3.05) is 0 Å². The molecule has 6 heteroatoms. The van der Waals surface area contributed by atoms with Gasteiger partial charge in [-0.05, 0) is 35.7 Å². The Morgan fingerprint density at radius 2 is 2.00 bits per heavy atom. The normalized spacial score (nSPS) is 22.5. The molecule has 0 aliphatic carbocycles. The Kier molecular flexibility index (Phi) is 3.42. The topological polar surface area (TPSA) is 43.2 Å². The largest absolute Gasteiger partial charge is 0.354 e. The van der Waals surface area contributed by atoms with Gasteiger partial charge in [0.15, 0.2) is 11.6 Å². The fraction of sp³-hybridized carbons (Fsp3) is 0.222. The molecule has 0 spiro atoms. The first-order valence-corrected chi connectivity index (χ1v) is 7.61. The lowest BCUT2D eigenvalue weighted by Gasteiger charge is -2.15. The molecule has 0 amide bonds. The van der Waals surface area contributed by atoms with E-state index in [1.54, 1.807) is 17.1 Å². The van der Waals surface area contributed by atoms with Crippen LogP contribution in [0.5, 0.6) is 0 Å². The van der Waals surface area contributed by atoms with Gasteiger partial charge in [0.05, 0.1) is 6.54 Å². The summed E-state index contributed by atoms with van der Waals surface area (Å²) in [6.07, 6.45) is 2.77. The van der Waals surface area contributed by atoms with Crippen LogP contribution < -0.4 is 0 Å². The van der Waals surface area contributed by atoms with E-state index >= 15 is 0 Å². The average molecular weight is 327 g/mol. The molecule has 24 heavy (non-hydrogen) atoms. The molecular formula is C18H15F2N3O. The molecule has 1 aliphatic rings. The van der Waals surface area contributed by atoms with Crippen LogP contribution in [0.4, 0.5) is 8.78 Å². The van der Waals surface area contributed by atoms with E-state index in [2.05, 4.69) is 10.1 Å². The van der Waals surface area contributed by atoms with Crippen LogP contribution in [-0.2, 0) is 16.9 Å². The fourth-order valence-corrected chi connectivity index (χ4v) is 3.12. The van der Waals surface area contributed by atoms with Gasteiger partial charge in [-0.3, -0.25) is 0 Å². The van der Waals surface area contributed by atoms with Crippen LogP contribution in [0.3, 0.4) is 0 Å². The summed E-state index contributed by atoms with van der Waals surface area (Å²) in [5, 5.41) is 4.12. The highest BCUT2D eigenvalue weighted by atomic mass is 19.2. The highest BCUT2D eigenvalue weighted by molar-refractivity contribution is 5.39. The van der Waals surface area contributed by atoms with E-state index in [0.29, 0.717) is 12.1 Å². The number of aryl methyl sites for hydroxylation is 1. The van der Waals surface area contributed by atoms with Gasteiger partial charge >= 0.3 is 0 Å². The van der Waals surface area contributed by atoms with Crippen molar-refractivity contribution in [3.05, 3.63) is 83.4 Å². The van der Waals surface area contributed by atoms with Gasteiger partial charge in [-0.25, -0.2) is 18.4 Å². The maximum atomic E-state index is 13.8. The van der Waals surface area contributed by atoms with Crippen molar-refractivity contribution >= 4 is 0 Å². The van der Waals surface area contributed by atoms with Crippen LogP contribution in [0.1, 0.15) is 22.8 Å². The third-order valence-electron chi connectivity index (χ3n) is 4.44. The monoisotopic (exact) mass is 327 g/mol. The minimum absolute atomic E-state index is 0.243. The van der Waals surface area contributed by atoms with E-state index in [4.69, 9.17) is 4.74 Å². The molecule has 2 aromatic carbocycles. The molecule has 122 valence electrons. The molecule has 0 bridgehead atoms.